The van der Waals surface area contributed by atoms with Crippen molar-refractivity contribution in [2.24, 2.45) is 0 Å². The highest BCUT2D eigenvalue weighted by Gasteiger charge is 2.38. The molecule has 2 atom stereocenters. The van der Waals surface area contributed by atoms with Crippen molar-refractivity contribution in [3.05, 3.63) is 11.4 Å². The molecule has 0 aromatic carbocycles. The minimum atomic E-state index is 0.0351. The van der Waals surface area contributed by atoms with Gasteiger partial charge in [0.25, 0.3) is 5.91 Å². The Hall–Kier alpha value is -1.47. The van der Waals surface area contributed by atoms with Crippen molar-refractivity contribution in [2.75, 3.05) is 26.2 Å². The Morgan fingerprint density at radius 1 is 1.21 bits per heavy atom. The normalized spacial score (nSPS) is 28.6. The van der Waals surface area contributed by atoms with Gasteiger partial charge in [-0.1, -0.05) is 18.1 Å². The molecule has 2 saturated heterocycles. The molecular weight excluding hydrogens is 306 g/mol. The standard InChI is InChI=1S/C17H27N5O2/c1-12-16(19-20-22(12)13-6-8-18-9-7-13)17(23)21-10-11-24-15-5-3-2-4-14(15)21/h13-15,18H,2-11H2,1H3/t14-,15-/m1/s1. The van der Waals surface area contributed by atoms with Gasteiger partial charge in [0.15, 0.2) is 5.69 Å². The van der Waals surface area contributed by atoms with E-state index in [0.717, 1.165) is 44.5 Å². The number of morpholine rings is 1. The topological polar surface area (TPSA) is 72.3 Å². The van der Waals surface area contributed by atoms with E-state index in [1.54, 1.807) is 0 Å². The lowest BCUT2D eigenvalue weighted by molar-refractivity contribution is -0.0754. The third-order valence-electron chi connectivity index (χ3n) is 5.78. The van der Waals surface area contributed by atoms with Crippen LogP contribution in [0, 0.1) is 6.92 Å². The van der Waals surface area contributed by atoms with Crippen LogP contribution in [-0.2, 0) is 4.74 Å². The van der Waals surface area contributed by atoms with E-state index in [-0.39, 0.29) is 18.1 Å². The van der Waals surface area contributed by atoms with E-state index in [9.17, 15) is 4.79 Å². The number of rotatable bonds is 2. The zero-order valence-corrected chi connectivity index (χ0v) is 14.4. The molecule has 1 aliphatic carbocycles. The Kier molecular flexibility index (Phi) is 4.54. The summed E-state index contributed by atoms with van der Waals surface area (Å²) in [6.07, 6.45) is 6.77. The molecule has 1 aromatic rings. The first-order chi connectivity index (χ1) is 11.8. The summed E-state index contributed by atoms with van der Waals surface area (Å²) < 4.78 is 7.85. The number of hydrogen-bond donors (Lipinski definition) is 1. The number of piperidine rings is 1. The molecule has 2 aliphatic heterocycles. The molecule has 3 fully saturated rings. The lowest BCUT2D eigenvalue weighted by Gasteiger charge is -2.43. The number of carbonyl (C=O) groups is 1. The maximum absolute atomic E-state index is 13.1. The Bertz CT molecular complexity index is 594. The van der Waals surface area contributed by atoms with Crippen LogP contribution >= 0.6 is 0 Å². The maximum Gasteiger partial charge on any atom is 0.276 e. The van der Waals surface area contributed by atoms with Crippen LogP contribution in [0.2, 0.25) is 0 Å². The van der Waals surface area contributed by atoms with Gasteiger partial charge < -0.3 is 15.0 Å². The quantitative estimate of drug-likeness (QED) is 0.883. The molecule has 0 unspecified atom stereocenters. The molecule has 7 nitrogen and oxygen atoms in total. The summed E-state index contributed by atoms with van der Waals surface area (Å²) in [7, 11) is 0. The fourth-order valence-electron chi connectivity index (χ4n) is 4.42. The molecule has 0 radical (unpaired) electrons. The number of aromatic nitrogens is 3. The molecule has 3 heterocycles. The predicted octanol–water partition coefficient (Wildman–Crippen LogP) is 1.29. The average Bonchev–Trinajstić information content (AvgIpc) is 3.03. The molecule has 132 valence electrons. The van der Waals surface area contributed by atoms with Gasteiger partial charge in [-0.3, -0.25) is 4.79 Å². The predicted molar refractivity (Wildman–Crippen MR) is 88.9 cm³/mol. The molecule has 0 spiro atoms. The average molecular weight is 333 g/mol. The summed E-state index contributed by atoms with van der Waals surface area (Å²) in [4.78, 5) is 15.1. The smallest absolute Gasteiger partial charge is 0.276 e. The van der Waals surface area contributed by atoms with Gasteiger partial charge in [0.2, 0.25) is 0 Å². The summed E-state index contributed by atoms with van der Waals surface area (Å²) in [5.41, 5.74) is 1.44. The van der Waals surface area contributed by atoms with E-state index >= 15 is 0 Å². The highest BCUT2D eigenvalue weighted by atomic mass is 16.5. The molecule has 1 saturated carbocycles. The highest BCUT2D eigenvalue weighted by molar-refractivity contribution is 5.93. The van der Waals surface area contributed by atoms with Crippen LogP contribution in [0.15, 0.2) is 0 Å². The van der Waals surface area contributed by atoms with E-state index in [2.05, 4.69) is 15.6 Å². The van der Waals surface area contributed by atoms with Gasteiger partial charge in [-0.25, -0.2) is 4.68 Å². The molecule has 0 bridgehead atoms. The van der Waals surface area contributed by atoms with Gasteiger partial charge in [-0.05, 0) is 45.7 Å². The summed E-state index contributed by atoms with van der Waals surface area (Å²) in [6, 6.07) is 0.566. The molecule has 1 amide bonds. The molecule has 1 N–H and O–H groups in total. The first kappa shape index (κ1) is 16.0. The van der Waals surface area contributed by atoms with Gasteiger partial charge in [0.1, 0.15) is 0 Å². The SMILES string of the molecule is Cc1c(C(=O)N2CCO[C@@H]3CCCC[C@H]32)nnn1C1CCNCC1. The van der Waals surface area contributed by atoms with Crippen molar-refractivity contribution in [3.8, 4) is 0 Å². The van der Waals surface area contributed by atoms with Gasteiger partial charge in [0, 0.05) is 6.54 Å². The fraction of sp³-hybridized carbons (Fsp3) is 0.824. The van der Waals surface area contributed by atoms with E-state index in [4.69, 9.17) is 4.74 Å². The fourth-order valence-corrected chi connectivity index (χ4v) is 4.42. The van der Waals surface area contributed by atoms with Gasteiger partial charge >= 0.3 is 0 Å². The summed E-state index contributed by atoms with van der Waals surface area (Å²) in [5.74, 6) is 0.0351. The zero-order chi connectivity index (χ0) is 16.5. The Balaban J connectivity index is 1.54. The molecular formula is C17H27N5O2. The van der Waals surface area contributed by atoms with Gasteiger partial charge in [-0.15, -0.1) is 5.10 Å². The van der Waals surface area contributed by atoms with Gasteiger partial charge in [0.05, 0.1) is 30.5 Å². The first-order valence-corrected chi connectivity index (χ1v) is 9.31. The molecule has 7 heteroatoms. The van der Waals surface area contributed by atoms with E-state index in [1.165, 1.54) is 12.8 Å². The second-order valence-electron chi connectivity index (χ2n) is 7.21. The number of carbonyl (C=O) groups excluding carboxylic acids is 1. The third-order valence-corrected chi connectivity index (χ3v) is 5.78. The summed E-state index contributed by atoms with van der Waals surface area (Å²) >= 11 is 0. The number of fused-ring (bicyclic) bond motifs is 1. The third kappa shape index (κ3) is 2.84. The van der Waals surface area contributed by atoms with E-state index < -0.39 is 0 Å². The number of nitrogens with one attached hydrogen (secondary N) is 1. The van der Waals surface area contributed by atoms with Crippen LogP contribution in [0.5, 0.6) is 0 Å². The molecule has 4 rings (SSSR count). The first-order valence-electron chi connectivity index (χ1n) is 9.31. The van der Waals surface area contributed by atoms with Crippen LogP contribution in [0.25, 0.3) is 0 Å². The molecule has 1 aromatic heterocycles. The van der Waals surface area contributed by atoms with Crippen LogP contribution in [-0.4, -0.2) is 64.2 Å². The van der Waals surface area contributed by atoms with Crippen molar-refractivity contribution in [3.63, 3.8) is 0 Å². The lowest BCUT2D eigenvalue weighted by atomic mass is 9.90. The summed E-state index contributed by atoms with van der Waals surface area (Å²) in [5, 5.41) is 11.9. The zero-order valence-electron chi connectivity index (χ0n) is 14.4. The van der Waals surface area contributed by atoms with Gasteiger partial charge in [-0.2, -0.15) is 0 Å². The Morgan fingerprint density at radius 2 is 2.00 bits per heavy atom. The van der Waals surface area contributed by atoms with Crippen LogP contribution in [0.3, 0.4) is 0 Å². The maximum atomic E-state index is 13.1. The second-order valence-corrected chi connectivity index (χ2v) is 7.21. The number of hydrogen-bond acceptors (Lipinski definition) is 5. The number of nitrogens with zero attached hydrogens (tertiary/aromatic N) is 4. The second kappa shape index (κ2) is 6.80. The van der Waals surface area contributed by atoms with Crippen molar-refractivity contribution in [1.29, 1.82) is 0 Å². The lowest BCUT2D eigenvalue weighted by Crippen LogP contribution is -2.55. The van der Waals surface area contributed by atoms with Crippen molar-refractivity contribution in [2.45, 2.75) is 63.6 Å². The minimum absolute atomic E-state index is 0.0351. The largest absolute Gasteiger partial charge is 0.374 e. The minimum Gasteiger partial charge on any atom is -0.374 e. The molecule has 24 heavy (non-hydrogen) atoms. The van der Waals surface area contributed by atoms with Crippen molar-refractivity contribution >= 4 is 5.91 Å². The highest BCUT2D eigenvalue weighted by Crippen LogP contribution is 2.30. The Labute approximate surface area is 142 Å². The molecule has 3 aliphatic rings. The monoisotopic (exact) mass is 333 g/mol. The van der Waals surface area contributed by atoms with Crippen molar-refractivity contribution in [1.82, 2.24) is 25.2 Å². The van der Waals surface area contributed by atoms with Crippen LogP contribution in [0.4, 0.5) is 0 Å². The van der Waals surface area contributed by atoms with Crippen molar-refractivity contribution < 1.29 is 9.53 Å². The number of ether oxygens (including phenoxy) is 1. The van der Waals surface area contributed by atoms with Crippen LogP contribution in [0.1, 0.15) is 60.7 Å². The van der Waals surface area contributed by atoms with E-state index in [1.807, 2.05) is 16.5 Å². The summed E-state index contributed by atoms with van der Waals surface area (Å²) in [6.45, 7) is 5.28. The van der Waals surface area contributed by atoms with E-state index in [0.29, 0.717) is 24.9 Å². The van der Waals surface area contributed by atoms with Crippen LogP contribution < -0.4 is 5.32 Å². The Morgan fingerprint density at radius 3 is 2.83 bits per heavy atom. The number of amides is 1.